The van der Waals surface area contributed by atoms with E-state index in [1.54, 1.807) is 0 Å². The fourth-order valence-corrected chi connectivity index (χ4v) is 3.92. The van der Waals surface area contributed by atoms with Crippen molar-refractivity contribution in [2.24, 2.45) is 0 Å². The molecule has 0 saturated carbocycles. The van der Waals surface area contributed by atoms with Gasteiger partial charge in [-0.15, -0.1) is 0 Å². The molecule has 1 aromatic rings. The molecule has 5 nitrogen and oxygen atoms in total. The molecule has 0 radical (unpaired) electrons. The van der Waals surface area contributed by atoms with Gasteiger partial charge < -0.3 is 15.1 Å². The van der Waals surface area contributed by atoms with Crippen molar-refractivity contribution in [2.45, 2.75) is 31.7 Å². The number of halogens is 1. The number of piperazine rings is 1. The van der Waals surface area contributed by atoms with Gasteiger partial charge in [0.25, 0.3) is 0 Å². The van der Waals surface area contributed by atoms with Gasteiger partial charge in [-0.1, -0.05) is 12.1 Å². The van der Waals surface area contributed by atoms with Crippen LogP contribution in [-0.4, -0.2) is 79.1 Å². The number of carbonyl (C=O) groups is 1. The first-order valence-corrected chi connectivity index (χ1v) is 9.56. The Hall–Kier alpha value is -1.66. The zero-order valence-electron chi connectivity index (χ0n) is 16.2. The number of benzene rings is 1. The standard InChI is InChI=1S/C20H31FN4O/c1-20(2,15-24-12-10-23(3)11-13-24)22-19(26)25-9-8-17(14-25)16-4-6-18(21)7-5-16/h4-7,17H,8-15H2,1-3H3,(H,22,26). The summed E-state index contributed by atoms with van der Waals surface area (Å²) in [6, 6.07) is 6.67. The van der Waals surface area contributed by atoms with E-state index in [1.165, 1.54) is 12.1 Å². The minimum Gasteiger partial charge on any atom is -0.332 e. The molecule has 0 aliphatic carbocycles. The van der Waals surface area contributed by atoms with Gasteiger partial charge in [0.05, 0.1) is 0 Å². The highest BCUT2D eigenvalue weighted by atomic mass is 19.1. The van der Waals surface area contributed by atoms with Crippen LogP contribution in [0.15, 0.2) is 24.3 Å². The molecule has 2 aliphatic heterocycles. The molecule has 2 aliphatic rings. The zero-order chi connectivity index (χ0) is 18.7. The number of nitrogens with one attached hydrogen (secondary N) is 1. The van der Waals surface area contributed by atoms with E-state index in [1.807, 2.05) is 17.0 Å². The van der Waals surface area contributed by atoms with E-state index in [9.17, 15) is 9.18 Å². The SMILES string of the molecule is CN1CCN(CC(C)(C)NC(=O)N2CCC(c3ccc(F)cc3)C2)CC1. The Morgan fingerprint density at radius 1 is 1.15 bits per heavy atom. The smallest absolute Gasteiger partial charge is 0.317 e. The van der Waals surface area contributed by atoms with Gasteiger partial charge in [0.2, 0.25) is 0 Å². The summed E-state index contributed by atoms with van der Waals surface area (Å²) in [6.07, 6.45) is 0.929. The lowest BCUT2D eigenvalue weighted by molar-refractivity contribution is 0.122. The summed E-state index contributed by atoms with van der Waals surface area (Å²) >= 11 is 0. The van der Waals surface area contributed by atoms with Crippen molar-refractivity contribution in [3.8, 4) is 0 Å². The Balaban J connectivity index is 1.50. The monoisotopic (exact) mass is 362 g/mol. The van der Waals surface area contributed by atoms with Crippen LogP contribution in [0.1, 0.15) is 31.7 Å². The third-order valence-electron chi connectivity index (χ3n) is 5.48. The Morgan fingerprint density at radius 2 is 1.81 bits per heavy atom. The number of likely N-dealkylation sites (tertiary alicyclic amines) is 1. The lowest BCUT2D eigenvalue weighted by Crippen LogP contribution is -2.57. The van der Waals surface area contributed by atoms with Crippen LogP contribution in [0.5, 0.6) is 0 Å². The summed E-state index contributed by atoms with van der Waals surface area (Å²) in [5.74, 6) is 0.0779. The predicted molar refractivity (Wildman–Crippen MR) is 102 cm³/mol. The quantitative estimate of drug-likeness (QED) is 0.894. The van der Waals surface area contributed by atoms with Crippen molar-refractivity contribution in [3.05, 3.63) is 35.6 Å². The van der Waals surface area contributed by atoms with Gasteiger partial charge in [-0.25, -0.2) is 9.18 Å². The second-order valence-corrected chi connectivity index (χ2v) is 8.38. The fraction of sp³-hybridized carbons (Fsp3) is 0.650. The molecule has 1 unspecified atom stereocenters. The number of carbonyl (C=O) groups excluding carboxylic acids is 1. The van der Waals surface area contributed by atoms with Crippen molar-refractivity contribution < 1.29 is 9.18 Å². The summed E-state index contributed by atoms with van der Waals surface area (Å²) in [4.78, 5) is 19.4. The van der Waals surface area contributed by atoms with Crippen molar-refractivity contribution in [1.29, 1.82) is 0 Å². The van der Waals surface area contributed by atoms with Gasteiger partial charge in [0.1, 0.15) is 5.82 Å². The molecule has 3 rings (SSSR count). The molecule has 1 N–H and O–H groups in total. The van der Waals surface area contributed by atoms with E-state index in [-0.39, 0.29) is 17.4 Å². The lowest BCUT2D eigenvalue weighted by atomic mass is 9.99. The highest BCUT2D eigenvalue weighted by Crippen LogP contribution is 2.27. The van der Waals surface area contributed by atoms with Crippen LogP contribution in [0.25, 0.3) is 0 Å². The first-order valence-electron chi connectivity index (χ1n) is 9.56. The summed E-state index contributed by atoms with van der Waals surface area (Å²) in [5, 5.41) is 3.21. The first-order chi connectivity index (χ1) is 12.3. The number of amides is 2. The molecule has 0 bridgehead atoms. The Kier molecular flexibility index (Phi) is 5.82. The Labute approximate surface area is 156 Å². The summed E-state index contributed by atoms with van der Waals surface area (Å²) in [5.41, 5.74) is 0.847. The highest BCUT2D eigenvalue weighted by Gasteiger charge is 2.31. The van der Waals surface area contributed by atoms with Gasteiger partial charge in [-0.2, -0.15) is 0 Å². The Bertz CT molecular complexity index is 611. The molecular weight excluding hydrogens is 331 g/mol. The van der Waals surface area contributed by atoms with Crippen LogP contribution >= 0.6 is 0 Å². The highest BCUT2D eigenvalue weighted by molar-refractivity contribution is 5.75. The average molecular weight is 362 g/mol. The molecule has 26 heavy (non-hydrogen) atoms. The second-order valence-electron chi connectivity index (χ2n) is 8.38. The zero-order valence-corrected chi connectivity index (χ0v) is 16.2. The van der Waals surface area contributed by atoms with Gasteiger partial charge in [-0.3, -0.25) is 4.90 Å². The molecular formula is C20H31FN4O. The number of nitrogens with zero attached hydrogens (tertiary/aromatic N) is 3. The molecule has 2 saturated heterocycles. The largest absolute Gasteiger partial charge is 0.332 e. The fourth-order valence-electron chi connectivity index (χ4n) is 3.92. The van der Waals surface area contributed by atoms with Crippen molar-refractivity contribution in [3.63, 3.8) is 0 Å². The lowest BCUT2D eigenvalue weighted by Gasteiger charge is -2.38. The van der Waals surface area contributed by atoms with Crippen molar-refractivity contribution in [2.75, 3.05) is 52.9 Å². The van der Waals surface area contributed by atoms with Crippen LogP contribution in [0, 0.1) is 5.82 Å². The summed E-state index contributed by atoms with van der Waals surface area (Å²) in [7, 11) is 2.15. The maximum absolute atomic E-state index is 13.1. The Morgan fingerprint density at radius 3 is 2.46 bits per heavy atom. The summed E-state index contributed by atoms with van der Waals surface area (Å²) < 4.78 is 13.1. The minimum absolute atomic E-state index is 0.00809. The van der Waals surface area contributed by atoms with Crippen LogP contribution in [0.4, 0.5) is 9.18 Å². The van der Waals surface area contributed by atoms with E-state index in [4.69, 9.17) is 0 Å². The third kappa shape index (κ3) is 4.95. The molecule has 2 heterocycles. The van der Waals surface area contributed by atoms with Crippen LogP contribution in [-0.2, 0) is 0 Å². The minimum atomic E-state index is -0.263. The predicted octanol–water partition coefficient (Wildman–Crippen LogP) is 2.35. The van der Waals surface area contributed by atoms with Crippen LogP contribution < -0.4 is 5.32 Å². The molecule has 2 amide bonds. The summed E-state index contributed by atoms with van der Waals surface area (Å²) in [6.45, 7) is 10.7. The van der Waals surface area contributed by atoms with Crippen molar-refractivity contribution in [1.82, 2.24) is 20.0 Å². The molecule has 1 atom stereocenters. The van der Waals surface area contributed by atoms with E-state index >= 15 is 0 Å². The van der Waals surface area contributed by atoms with Gasteiger partial charge in [-0.05, 0) is 45.0 Å². The normalized spacial score (nSPS) is 22.6. The molecule has 0 spiro atoms. The topological polar surface area (TPSA) is 38.8 Å². The number of urea groups is 1. The molecule has 1 aromatic carbocycles. The number of hydrogen-bond donors (Lipinski definition) is 1. The van der Waals surface area contributed by atoms with E-state index in [0.29, 0.717) is 12.5 Å². The van der Waals surface area contributed by atoms with E-state index < -0.39 is 0 Å². The maximum atomic E-state index is 13.1. The van der Waals surface area contributed by atoms with E-state index in [0.717, 1.165) is 51.3 Å². The number of rotatable bonds is 4. The number of hydrogen-bond acceptors (Lipinski definition) is 3. The average Bonchev–Trinajstić information content (AvgIpc) is 3.07. The van der Waals surface area contributed by atoms with E-state index in [2.05, 4.69) is 36.0 Å². The van der Waals surface area contributed by atoms with Crippen LogP contribution in [0.3, 0.4) is 0 Å². The maximum Gasteiger partial charge on any atom is 0.317 e. The van der Waals surface area contributed by atoms with Gasteiger partial charge >= 0.3 is 6.03 Å². The number of likely N-dealkylation sites (N-methyl/N-ethyl adjacent to an activating group) is 1. The van der Waals surface area contributed by atoms with Gasteiger partial charge in [0, 0.05) is 57.3 Å². The van der Waals surface area contributed by atoms with Crippen LogP contribution in [0.2, 0.25) is 0 Å². The molecule has 6 heteroatoms. The van der Waals surface area contributed by atoms with Crippen molar-refractivity contribution >= 4 is 6.03 Å². The second kappa shape index (κ2) is 7.92. The molecule has 2 fully saturated rings. The van der Waals surface area contributed by atoms with Gasteiger partial charge in [0.15, 0.2) is 0 Å². The molecule has 0 aromatic heterocycles. The third-order valence-corrected chi connectivity index (χ3v) is 5.48. The molecule has 144 valence electrons. The first kappa shape index (κ1) is 19.1.